The molecular weight excluding hydrogens is 416 g/mol. The fourth-order valence-corrected chi connectivity index (χ4v) is 4.05. The van der Waals surface area contributed by atoms with Crippen molar-refractivity contribution in [3.63, 3.8) is 0 Å². The lowest BCUT2D eigenvalue weighted by Gasteiger charge is -2.12. The van der Waals surface area contributed by atoms with Gasteiger partial charge in [-0.1, -0.05) is 6.07 Å². The largest absolute Gasteiger partial charge is 0.497 e. The summed E-state index contributed by atoms with van der Waals surface area (Å²) in [5.74, 6) is 1.03. The summed E-state index contributed by atoms with van der Waals surface area (Å²) in [4.78, 5) is 9.99. The van der Waals surface area contributed by atoms with E-state index in [-0.39, 0.29) is 21.6 Å². The van der Waals surface area contributed by atoms with Gasteiger partial charge in [-0.2, -0.15) is 0 Å². The summed E-state index contributed by atoms with van der Waals surface area (Å²) in [7, 11) is -1.00. The summed E-state index contributed by atoms with van der Waals surface area (Å²) in [5, 5.41) is 10.9. The molecule has 0 radical (unpaired) electrons. The lowest BCUT2D eigenvalue weighted by Crippen LogP contribution is -2.24. The summed E-state index contributed by atoms with van der Waals surface area (Å²) < 4.78 is 37.9. The van der Waals surface area contributed by atoms with E-state index >= 15 is 0 Å². The first kappa shape index (κ1) is 19.2. The van der Waals surface area contributed by atoms with Crippen LogP contribution in [0.1, 0.15) is 5.56 Å². The van der Waals surface area contributed by atoms with E-state index in [4.69, 9.17) is 9.47 Å². The third kappa shape index (κ3) is 4.47. The maximum atomic E-state index is 12.5. The molecule has 134 valence electrons. The molecule has 0 aliphatic rings. The molecule has 25 heavy (non-hydrogen) atoms. The summed E-state index contributed by atoms with van der Waals surface area (Å²) >= 11 is 3.11. The fourth-order valence-electron chi connectivity index (χ4n) is 2.06. The van der Waals surface area contributed by atoms with E-state index in [1.165, 1.54) is 26.4 Å². The third-order valence-corrected chi connectivity index (χ3v) is 5.76. The second-order valence-corrected chi connectivity index (χ2v) is 7.46. The minimum Gasteiger partial charge on any atom is -0.497 e. The Balaban J connectivity index is 2.28. The van der Waals surface area contributed by atoms with Gasteiger partial charge in [0, 0.05) is 34.8 Å². The Bertz CT molecular complexity index is 901. The van der Waals surface area contributed by atoms with Crippen LogP contribution in [0.2, 0.25) is 0 Å². The second-order valence-electron chi connectivity index (χ2n) is 4.87. The van der Waals surface area contributed by atoms with E-state index in [2.05, 4.69) is 20.7 Å². The highest BCUT2D eigenvalue weighted by molar-refractivity contribution is 9.10. The first-order valence-electron chi connectivity index (χ1n) is 6.93. The standard InChI is InChI=1S/C15H15BrN2O6S/c1-23-12-5-3-10(14(8-12)24-2)9-17-25(21,22)15-7-11(18(19)20)4-6-13(15)16/h3-8,17H,9H2,1-2H3. The molecule has 2 aromatic rings. The molecule has 0 aliphatic heterocycles. The molecule has 2 aromatic carbocycles. The van der Waals surface area contributed by atoms with Crippen LogP contribution in [0.4, 0.5) is 5.69 Å². The summed E-state index contributed by atoms with van der Waals surface area (Å²) in [6.07, 6.45) is 0. The van der Waals surface area contributed by atoms with E-state index in [1.807, 2.05) is 0 Å². The number of nitro benzene ring substituents is 1. The topological polar surface area (TPSA) is 108 Å². The van der Waals surface area contributed by atoms with E-state index in [1.54, 1.807) is 18.2 Å². The molecule has 0 aromatic heterocycles. The van der Waals surface area contributed by atoms with Gasteiger partial charge in [0.05, 0.1) is 19.1 Å². The highest BCUT2D eigenvalue weighted by atomic mass is 79.9. The number of ether oxygens (including phenoxy) is 2. The number of benzene rings is 2. The zero-order valence-electron chi connectivity index (χ0n) is 13.4. The van der Waals surface area contributed by atoms with E-state index < -0.39 is 14.9 Å². The number of halogens is 1. The fraction of sp³-hybridized carbons (Fsp3) is 0.200. The van der Waals surface area contributed by atoms with Gasteiger partial charge in [-0.15, -0.1) is 0 Å². The lowest BCUT2D eigenvalue weighted by molar-refractivity contribution is -0.385. The average molecular weight is 431 g/mol. The number of hydrogen-bond donors (Lipinski definition) is 1. The van der Waals surface area contributed by atoms with Gasteiger partial charge in [0.1, 0.15) is 16.4 Å². The molecule has 1 N–H and O–H groups in total. The van der Waals surface area contributed by atoms with Gasteiger partial charge in [0.2, 0.25) is 10.0 Å². The van der Waals surface area contributed by atoms with Crippen LogP contribution in [0.5, 0.6) is 11.5 Å². The van der Waals surface area contributed by atoms with Crippen LogP contribution in [0.15, 0.2) is 45.8 Å². The summed E-state index contributed by atoms with van der Waals surface area (Å²) in [6.45, 7) is -0.0510. The maximum Gasteiger partial charge on any atom is 0.270 e. The van der Waals surface area contributed by atoms with Gasteiger partial charge >= 0.3 is 0 Å². The molecular formula is C15H15BrN2O6S. The van der Waals surface area contributed by atoms with Crippen molar-refractivity contribution < 1.29 is 22.8 Å². The Labute approximate surface area is 153 Å². The Morgan fingerprint density at radius 1 is 1.16 bits per heavy atom. The first-order chi connectivity index (χ1) is 11.8. The number of methoxy groups -OCH3 is 2. The molecule has 0 amide bonds. The van der Waals surface area contributed by atoms with Gasteiger partial charge in [-0.3, -0.25) is 10.1 Å². The van der Waals surface area contributed by atoms with E-state index in [0.29, 0.717) is 17.1 Å². The number of sulfonamides is 1. The van der Waals surface area contributed by atoms with Gasteiger partial charge in [0.15, 0.2) is 0 Å². The highest BCUT2D eigenvalue weighted by Gasteiger charge is 2.21. The van der Waals surface area contributed by atoms with Crippen molar-refractivity contribution >= 4 is 31.6 Å². The molecule has 10 heteroatoms. The smallest absolute Gasteiger partial charge is 0.270 e. The predicted molar refractivity (Wildman–Crippen MR) is 94.4 cm³/mol. The summed E-state index contributed by atoms with van der Waals surface area (Å²) in [6, 6.07) is 8.51. The SMILES string of the molecule is COc1ccc(CNS(=O)(=O)c2cc([N+](=O)[O-])ccc2Br)c(OC)c1. The van der Waals surface area contributed by atoms with Gasteiger partial charge in [-0.25, -0.2) is 13.1 Å². The molecule has 0 bridgehead atoms. The third-order valence-electron chi connectivity index (χ3n) is 3.36. The quantitative estimate of drug-likeness (QED) is 0.534. The number of non-ortho nitro benzene ring substituents is 1. The zero-order valence-corrected chi connectivity index (χ0v) is 15.8. The Kier molecular flexibility index (Phi) is 5.98. The highest BCUT2D eigenvalue weighted by Crippen LogP contribution is 2.28. The van der Waals surface area contributed by atoms with Crippen molar-refractivity contribution in [3.8, 4) is 11.5 Å². The predicted octanol–water partition coefficient (Wildman–Crippen LogP) is 2.85. The zero-order chi connectivity index (χ0) is 18.6. The van der Waals surface area contributed by atoms with Crippen molar-refractivity contribution in [1.82, 2.24) is 4.72 Å². The molecule has 8 nitrogen and oxygen atoms in total. The van der Waals surface area contributed by atoms with Gasteiger partial charge in [-0.05, 0) is 28.1 Å². The number of hydrogen-bond acceptors (Lipinski definition) is 6. The van der Waals surface area contributed by atoms with Gasteiger partial charge < -0.3 is 9.47 Å². The van der Waals surface area contributed by atoms with E-state index in [0.717, 1.165) is 6.07 Å². The first-order valence-corrected chi connectivity index (χ1v) is 9.20. The minimum atomic E-state index is -3.97. The van der Waals surface area contributed by atoms with Crippen LogP contribution in [0, 0.1) is 10.1 Å². The molecule has 0 aliphatic carbocycles. The van der Waals surface area contributed by atoms with Crippen molar-refractivity contribution in [2.45, 2.75) is 11.4 Å². The molecule has 0 unspecified atom stereocenters. The Hall–Kier alpha value is -2.17. The van der Waals surface area contributed by atoms with Crippen LogP contribution in [0.3, 0.4) is 0 Å². The number of nitrogens with one attached hydrogen (secondary N) is 1. The second kappa shape index (κ2) is 7.81. The normalized spacial score (nSPS) is 11.2. The van der Waals surface area contributed by atoms with Crippen molar-refractivity contribution in [2.75, 3.05) is 14.2 Å². The molecule has 0 heterocycles. The van der Waals surface area contributed by atoms with E-state index in [9.17, 15) is 18.5 Å². The van der Waals surface area contributed by atoms with Crippen LogP contribution in [-0.4, -0.2) is 27.6 Å². The number of rotatable bonds is 7. The summed E-state index contributed by atoms with van der Waals surface area (Å²) in [5.41, 5.74) is 0.277. The minimum absolute atomic E-state index is 0.0510. The monoisotopic (exact) mass is 430 g/mol. The lowest BCUT2D eigenvalue weighted by atomic mass is 10.2. The molecule has 0 saturated carbocycles. The molecule has 0 fully saturated rings. The Morgan fingerprint density at radius 2 is 1.88 bits per heavy atom. The molecule has 0 spiro atoms. The molecule has 0 saturated heterocycles. The van der Waals surface area contributed by atoms with Crippen molar-refractivity contribution in [1.29, 1.82) is 0 Å². The van der Waals surface area contributed by atoms with Crippen LogP contribution >= 0.6 is 15.9 Å². The Morgan fingerprint density at radius 3 is 2.48 bits per heavy atom. The number of nitro groups is 1. The van der Waals surface area contributed by atoms with Crippen molar-refractivity contribution in [2.24, 2.45) is 0 Å². The average Bonchev–Trinajstić information content (AvgIpc) is 2.59. The van der Waals surface area contributed by atoms with Crippen LogP contribution in [0.25, 0.3) is 0 Å². The van der Waals surface area contributed by atoms with Crippen LogP contribution < -0.4 is 14.2 Å². The number of nitrogens with zero attached hydrogens (tertiary/aromatic N) is 1. The molecule has 2 rings (SSSR count). The maximum absolute atomic E-state index is 12.5. The van der Waals surface area contributed by atoms with Crippen molar-refractivity contribution in [3.05, 3.63) is 56.5 Å². The van der Waals surface area contributed by atoms with Gasteiger partial charge in [0.25, 0.3) is 5.69 Å². The molecule has 0 atom stereocenters. The van der Waals surface area contributed by atoms with Crippen LogP contribution in [-0.2, 0) is 16.6 Å².